The van der Waals surface area contributed by atoms with Gasteiger partial charge in [0.25, 0.3) is 15.9 Å². The SMILES string of the molecule is [2H]C([2H])([2H])Oc1cc(C(=O)NS(=O)(=O)c2ccccc2C([2H])([2H])[2H])ccc1Cc1cn(C)c2ccc(NC(=O)OC3([2H])CC([2H])([2H])C([2H])([2H])C3)cc12. The first kappa shape index (κ1) is 17.5. The molecule has 2 amide bonds. The van der Waals surface area contributed by atoms with E-state index in [-0.39, 0.29) is 29.0 Å². The molecule has 0 atom stereocenters. The van der Waals surface area contributed by atoms with Crippen molar-refractivity contribution in [1.82, 2.24) is 9.29 Å². The van der Waals surface area contributed by atoms with Gasteiger partial charge in [0.05, 0.1) is 17.4 Å². The Hall–Kier alpha value is -4.31. The molecule has 0 spiro atoms. The normalized spacial score (nSPS) is 21.5. The van der Waals surface area contributed by atoms with Gasteiger partial charge in [-0.05, 0) is 85.5 Å². The van der Waals surface area contributed by atoms with E-state index in [9.17, 15) is 18.0 Å². The summed E-state index contributed by atoms with van der Waals surface area (Å²) in [6.07, 6.45) is -7.51. The number of carbonyl (C=O) groups excluding carboxylic acids is 2. The van der Waals surface area contributed by atoms with Crippen molar-refractivity contribution in [3.05, 3.63) is 89.1 Å². The van der Waals surface area contributed by atoms with E-state index in [1.54, 1.807) is 36.0 Å². The standard InChI is InChI=1S/C31H33N3O6S/c1-20-8-4-7-11-29(20)41(37,38)33-30(35)22-13-12-21(28(17-22)39-3)16-23-19-34(2)27-15-14-24(18-26(23)27)32-31(36)40-25-9-5-6-10-25/h4,7-8,11-15,17-19,25H,5-6,9-10,16H2,1-3H3,(H,32,36)(H,33,35)/i1D3,3D3,5D2,6D2,25D. The third kappa shape index (κ3) is 6.22. The molecule has 1 saturated carbocycles. The highest BCUT2D eigenvalue weighted by molar-refractivity contribution is 7.90. The molecule has 2 N–H and O–H groups in total. The molecule has 10 heteroatoms. The van der Waals surface area contributed by atoms with Crippen LogP contribution in [0.3, 0.4) is 0 Å². The van der Waals surface area contributed by atoms with Gasteiger partial charge in [-0.25, -0.2) is 17.9 Å². The fraction of sp³-hybridized carbons (Fsp3) is 0.290. The molecule has 1 aromatic heterocycles. The largest absolute Gasteiger partial charge is 0.496 e. The Labute approximate surface area is 255 Å². The number of hydrogen-bond donors (Lipinski definition) is 2. The zero-order valence-corrected chi connectivity index (χ0v) is 22.6. The van der Waals surface area contributed by atoms with E-state index in [0.717, 1.165) is 18.2 Å². The molecule has 1 aliphatic rings. The molecule has 0 aliphatic heterocycles. The lowest BCUT2D eigenvalue weighted by molar-refractivity contribution is 0.0980. The zero-order chi connectivity index (χ0) is 38.7. The van der Waals surface area contributed by atoms with E-state index in [1.807, 2.05) is 4.72 Å². The Bertz CT molecular complexity index is 2150. The number of benzene rings is 3. The molecule has 214 valence electrons. The minimum atomic E-state index is -4.68. The second-order valence-electron chi connectivity index (χ2n) is 9.29. The van der Waals surface area contributed by atoms with Crippen LogP contribution in [0.5, 0.6) is 5.75 Å². The first-order valence-electron chi connectivity index (χ1n) is 17.9. The third-order valence-corrected chi connectivity index (χ3v) is 7.86. The molecule has 1 fully saturated rings. The summed E-state index contributed by atoms with van der Waals surface area (Å²) in [4.78, 5) is 25.3. The van der Waals surface area contributed by atoms with Gasteiger partial charge in [0.2, 0.25) is 0 Å². The summed E-state index contributed by atoms with van der Waals surface area (Å²) in [6.45, 7) is -2.79. The number of aromatic nitrogens is 1. The summed E-state index contributed by atoms with van der Waals surface area (Å²) >= 11 is 0. The first-order valence-corrected chi connectivity index (χ1v) is 13.8. The van der Waals surface area contributed by atoms with Crippen molar-refractivity contribution in [2.45, 2.75) is 49.8 Å². The van der Waals surface area contributed by atoms with Crippen molar-refractivity contribution in [2.24, 2.45) is 7.05 Å². The predicted molar refractivity (Wildman–Crippen MR) is 157 cm³/mol. The molecule has 0 radical (unpaired) electrons. The summed E-state index contributed by atoms with van der Waals surface area (Å²) < 4.78 is 126. The first-order chi connectivity index (χ1) is 23.8. The molecule has 1 aliphatic carbocycles. The fourth-order valence-electron chi connectivity index (χ4n) is 4.50. The van der Waals surface area contributed by atoms with Crippen LogP contribution in [-0.4, -0.2) is 38.1 Å². The van der Waals surface area contributed by atoms with Crippen molar-refractivity contribution in [3.8, 4) is 5.75 Å². The molecule has 0 saturated heterocycles. The third-order valence-electron chi connectivity index (χ3n) is 6.48. The summed E-state index contributed by atoms with van der Waals surface area (Å²) in [5, 5.41) is 3.08. The van der Waals surface area contributed by atoms with E-state index in [4.69, 9.17) is 24.6 Å². The van der Waals surface area contributed by atoms with Crippen LogP contribution in [-0.2, 0) is 28.2 Å². The maximum Gasteiger partial charge on any atom is 0.411 e. The van der Waals surface area contributed by atoms with E-state index >= 15 is 0 Å². The summed E-state index contributed by atoms with van der Waals surface area (Å²) in [6, 6.07) is 13.3. The number of methoxy groups -OCH3 is 1. The number of anilines is 1. The second-order valence-corrected chi connectivity index (χ2v) is 10.9. The van der Waals surface area contributed by atoms with Gasteiger partial charge >= 0.3 is 6.09 Å². The molecular formula is C31H33N3O6S. The van der Waals surface area contributed by atoms with Crippen LogP contribution in [0, 0.1) is 6.85 Å². The van der Waals surface area contributed by atoms with Gasteiger partial charge in [0, 0.05) is 51.4 Å². The molecule has 3 aromatic carbocycles. The minimum Gasteiger partial charge on any atom is -0.496 e. The lowest BCUT2D eigenvalue weighted by Gasteiger charge is -2.13. The van der Waals surface area contributed by atoms with Crippen molar-refractivity contribution in [3.63, 3.8) is 0 Å². The number of sulfonamides is 1. The van der Waals surface area contributed by atoms with E-state index in [1.165, 1.54) is 24.3 Å². The average molecular weight is 587 g/mol. The van der Waals surface area contributed by atoms with Crippen LogP contribution >= 0.6 is 0 Å². The highest BCUT2D eigenvalue weighted by Crippen LogP contribution is 2.30. The molecule has 5 rings (SSSR count). The van der Waals surface area contributed by atoms with Gasteiger partial charge in [-0.2, -0.15) is 0 Å². The Morgan fingerprint density at radius 2 is 1.90 bits per heavy atom. The molecular weight excluding hydrogens is 542 g/mol. The highest BCUT2D eigenvalue weighted by atomic mass is 32.2. The van der Waals surface area contributed by atoms with Crippen LogP contribution in [0.25, 0.3) is 10.9 Å². The van der Waals surface area contributed by atoms with Gasteiger partial charge in [-0.1, -0.05) is 24.3 Å². The Balaban J connectivity index is 1.41. The minimum absolute atomic E-state index is 0.0306. The second kappa shape index (κ2) is 11.7. The van der Waals surface area contributed by atoms with Crippen molar-refractivity contribution >= 4 is 38.6 Å². The number of nitrogens with one attached hydrogen (secondary N) is 2. The maximum absolute atomic E-state index is 13.2. The number of hydrogen-bond acceptors (Lipinski definition) is 6. The number of nitrogens with zero attached hydrogens (tertiary/aromatic N) is 1. The van der Waals surface area contributed by atoms with Crippen LogP contribution in [0.4, 0.5) is 10.5 Å². The van der Waals surface area contributed by atoms with Crippen molar-refractivity contribution in [1.29, 1.82) is 0 Å². The quantitative estimate of drug-likeness (QED) is 0.274. The number of carbonyl (C=O) groups is 2. The van der Waals surface area contributed by atoms with Gasteiger partial charge in [0.1, 0.15) is 11.8 Å². The topological polar surface area (TPSA) is 116 Å². The van der Waals surface area contributed by atoms with Gasteiger partial charge in [0.15, 0.2) is 0 Å². The van der Waals surface area contributed by atoms with Crippen LogP contribution in [0.15, 0.2) is 71.8 Å². The van der Waals surface area contributed by atoms with Gasteiger partial charge < -0.3 is 14.0 Å². The summed E-state index contributed by atoms with van der Waals surface area (Å²) in [7, 11) is -5.91. The highest BCUT2D eigenvalue weighted by Gasteiger charge is 2.22. The number of fused-ring (bicyclic) bond motifs is 1. The average Bonchev–Trinajstić information content (AvgIpc) is 3.37. The number of rotatable bonds is 8. The summed E-state index contributed by atoms with van der Waals surface area (Å²) in [5.41, 5.74) is 1.03. The Morgan fingerprint density at radius 3 is 2.68 bits per heavy atom. The summed E-state index contributed by atoms with van der Waals surface area (Å²) in [5.74, 6) is -1.44. The predicted octanol–water partition coefficient (Wildman–Crippen LogP) is 5.70. The molecule has 4 aromatic rings. The molecule has 9 nitrogen and oxygen atoms in total. The van der Waals surface area contributed by atoms with Gasteiger partial charge in [-0.3, -0.25) is 10.1 Å². The molecule has 0 unspecified atom stereocenters. The smallest absolute Gasteiger partial charge is 0.411 e. The number of aryl methyl sites for hydroxylation is 2. The number of ether oxygens (including phenoxy) is 2. The Kier molecular flexibility index (Phi) is 4.97. The van der Waals surface area contributed by atoms with E-state index in [0.29, 0.717) is 16.5 Å². The fourth-order valence-corrected chi connectivity index (χ4v) is 5.59. The lowest BCUT2D eigenvalue weighted by Crippen LogP contribution is -2.31. The van der Waals surface area contributed by atoms with Crippen LogP contribution < -0.4 is 14.8 Å². The Morgan fingerprint density at radius 1 is 1.10 bits per heavy atom. The molecule has 41 heavy (non-hydrogen) atoms. The van der Waals surface area contributed by atoms with Crippen LogP contribution in [0.1, 0.15) is 67.7 Å². The van der Waals surface area contributed by atoms with Crippen molar-refractivity contribution < 1.29 is 42.6 Å². The van der Waals surface area contributed by atoms with E-state index < -0.39 is 78.0 Å². The molecule has 0 bridgehead atoms. The monoisotopic (exact) mass is 586 g/mol. The van der Waals surface area contributed by atoms with Crippen molar-refractivity contribution in [2.75, 3.05) is 12.4 Å². The van der Waals surface area contributed by atoms with Crippen LogP contribution in [0.2, 0.25) is 0 Å². The molecule has 1 heterocycles. The number of amides is 2. The maximum atomic E-state index is 13.2. The zero-order valence-electron chi connectivity index (χ0n) is 32.8. The lowest BCUT2D eigenvalue weighted by atomic mass is 10.0. The van der Waals surface area contributed by atoms with E-state index in [2.05, 4.69) is 5.32 Å². The van der Waals surface area contributed by atoms with Gasteiger partial charge in [-0.15, -0.1) is 0 Å².